The molecule has 1 fully saturated rings. The molecule has 2 N–H and O–H groups in total. The largest absolute Gasteiger partial charge is 0.328 e. The van der Waals surface area contributed by atoms with E-state index in [1.165, 1.54) is 31.2 Å². The highest BCUT2D eigenvalue weighted by Gasteiger charge is 2.25. The Bertz CT molecular complexity index is 302. The molecule has 0 saturated heterocycles. The third-order valence-electron chi connectivity index (χ3n) is 3.95. The molecule has 1 heterocycles. The van der Waals surface area contributed by atoms with E-state index in [0.717, 1.165) is 6.04 Å². The predicted octanol–water partition coefficient (Wildman–Crippen LogP) is 3.01. The molecule has 1 aliphatic rings. The standard InChI is InChI=1S/C13H22N2S/c1-10(11-7-8-16-9-11)15(2)13-5-3-12(14)4-6-13/h7-10,12-13H,3-6,14H2,1-2H3. The lowest BCUT2D eigenvalue weighted by molar-refractivity contribution is 0.141. The second kappa shape index (κ2) is 5.30. The smallest absolute Gasteiger partial charge is 0.0328 e. The molecule has 3 heteroatoms. The summed E-state index contributed by atoms with van der Waals surface area (Å²) in [5.74, 6) is 0. The lowest BCUT2D eigenvalue weighted by atomic mass is 9.90. The zero-order valence-electron chi connectivity index (χ0n) is 10.2. The molecule has 0 bridgehead atoms. The average molecular weight is 238 g/mol. The van der Waals surface area contributed by atoms with E-state index in [0.29, 0.717) is 12.1 Å². The van der Waals surface area contributed by atoms with Gasteiger partial charge in [-0.3, -0.25) is 4.90 Å². The van der Waals surface area contributed by atoms with Crippen LogP contribution in [0.25, 0.3) is 0 Å². The lowest BCUT2D eigenvalue weighted by Crippen LogP contribution is -2.39. The summed E-state index contributed by atoms with van der Waals surface area (Å²) in [5.41, 5.74) is 7.40. The van der Waals surface area contributed by atoms with Gasteiger partial charge in [-0.25, -0.2) is 0 Å². The van der Waals surface area contributed by atoms with Crippen LogP contribution in [0.4, 0.5) is 0 Å². The summed E-state index contributed by atoms with van der Waals surface area (Å²) in [6.07, 6.45) is 4.88. The fraction of sp³-hybridized carbons (Fsp3) is 0.692. The van der Waals surface area contributed by atoms with Crippen molar-refractivity contribution in [2.24, 2.45) is 5.73 Å². The molecule has 0 spiro atoms. The van der Waals surface area contributed by atoms with Crippen molar-refractivity contribution < 1.29 is 0 Å². The molecule has 2 nitrogen and oxygen atoms in total. The number of thiophene rings is 1. The SMILES string of the molecule is CC(c1ccsc1)N(C)C1CCC(N)CC1. The molecule has 0 radical (unpaired) electrons. The number of nitrogens with two attached hydrogens (primary N) is 1. The number of rotatable bonds is 3. The molecule has 1 saturated carbocycles. The lowest BCUT2D eigenvalue weighted by Gasteiger charge is -2.37. The van der Waals surface area contributed by atoms with Crippen LogP contribution in [0, 0.1) is 0 Å². The highest BCUT2D eigenvalue weighted by atomic mass is 32.1. The molecule has 1 atom stereocenters. The second-order valence-electron chi connectivity index (χ2n) is 4.97. The zero-order valence-corrected chi connectivity index (χ0v) is 11.0. The number of hydrogen-bond acceptors (Lipinski definition) is 3. The third kappa shape index (κ3) is 2.65. The van der Waals surface area contributed by atoms with Gasteiger partial charge in [-0.1, -0.05) is 0 Å². The van der Waals surface area contributed by atoms with E-state index in [9.17, 15) is 0 Å². The van der Waals surface area contributed by atoms with Crippen molar-refractivity contribution in [3.8, 4) is 0 Å². The Balaban J connectivity index is 1.94. The van der Waals surface area contributed by atoms with Gasteiger partial charge in [0.05, 0.1) is 0 Å². The van der Waals surface area contributed by atoms with Crippen molar-refractivity contribution in [2.45, 2.75) is 50.7 Å². The second-order valence-corrected chi connectivity index (χ2v) is 5.75. The maximum absolute atomic E-state index is 5.95. The Labute approximate surface area is 102 Å². The molecule has 0 aromatic carbocycles. The van der Waals surface area contributed by atoms with Gasteiger partial charge in [0, 0.05) is 18.1 Å². The highest BCUT2D eigenvalue weighted by molar-refractivity contribution is 7.07. The van der Waals surface area contributed by atoms with Crippen LogP contribution in [0.1, 0.15) is 44.2 Å². The number of nitrogens with zero attached hydrogens (tertiary/aromatic N) is 1. The van der Waals surface area contributed by atoms with Crippen molar-refractivity contribution in [2.75, 3.05) is 7.05 Å². The number of hydrogen-bond donors (Lipinski definition) is 1. The summed E-state index contributed by atoms with van der Waals surface area (Å²) in [6, 6.07) is 3.93. The molecule has 1 aromatic heterocycles. The summed E-state index contributed by atoms with van der Waals surface area (Å²) < 4.78 is 0. The van der Waals surface area contributed by atoms with Crippen molar-refractivity contribution in [3.05, 3.63) is 22.4 Å². The summed E-state index contributed by atoms with van der Waals surface area (Å²) in [7, 11) is 2.25. The Morgan fingerprint density at radius 3 is 2.62 bits per heavy atom. The Kier molecular flexibility index (Phi) is 4.00. The first-order chi connectivity index (χ1) is 7.68. The molecule has 0 aliphatic heterocycles. The van der Waals surface area contributed by atoms with Gasteiger partial charge in [0.15, 0.2) is 0 Å². The first-order valence-electron chi connectivity index (χ1n) is 6.18. The van der Waals surface area contributed by atoms with Crippen molar-refractivity contribution in [1.29, 1.82) is 0 Å². The molecule has 90 valence electrons. The molecule has 0 amide bonds. The third-order valence-corrected chi connectivity index (χ3v) is 4.66. The molecule has 1 unspecified atom stereocenters. The first-order valence-corrected chi connectivity index (χ1v) is 7.12. The minimum atomic E-state index is 0.445. The molecule has 1 aromatic rings. The van der Waals surface area contributed by atoms with E-state index < -0.39 is 0 Å². The van der Waals surface area contributed by atoms with Gasteiger partial charge in [-0.05, 0) is 62.0 Å². The maximum Gasteiger partial charge on any atom is 0.0328 e. The van der Waals surface area contributed by atoms with Crippen LogP contribution in [0.15, 0.2) is 16.8 Å². The molecule has 1 aliphatic carbocycles. The summed E-state index contributed by atoms with van der Waals surface area (Å²) in [5, 5.41) is 4.42. The quantitative estimate of drug-likeness (QED) is 0.877. The van der Waals surface area contributed by atoms with Crippen molar-refractivity contribution in [3.63, 3.8) is 0 Å². The molecule has 16 heavy (non-hydrogen) atoms. The van der Waals surface area contributed by atoms with Crippen LogP contribution >= 0.6 is 11.3 Å². The monoisotopic (exact) mass is 238 g/mol. The van der Waals surface area contributed by atoms with E-state index in [1.807, 2.05) is 0 Å². The van der Waals surface area contributed by atoms with E-state index in [-0.39, 0.29) is 0 Å². The van der Waals surface area contributed by atoms with Gasteiger partial charge in [0.25, 0.3) is 0 Å². The summed E-state index contributed by atoms with van der Waals surface area (Å²) in [4.78, 5) is 2.52. The average Bonchev–Trinajstić information content (AvgIpc) is 2.81. The first kappa shape index (κ1) is 12.1. The normalized spacial score (nSPS) is 28.2. The van der Waals surface area contributed by atoms with E-state index in [4.69, 9.17) is 5.73 Å². The van der Waals surface area contributed by atoms with E-state index >= 15 is 0 Å². The molecular weight excluding hydrogens is 216 g/mol. The fourth-order valence-electron chi connectivity index (χ4n) is 2.57. The van der Waals surface area contributed by atoms with Crippen LogP contribution in [0.2, 0.25) is 0 Å². The maximum atomic E-state index is 5.95. The predicted molar refractivity (Wildman–Crippen MR) is 70.7 cm³/mol. The summed E-state index contributed by atoms with van der Waals surface area (Å²) >= 11 is 1.79. The van der Waals surface area contributed by atoms with E-state index in [1.54, 1.807) is 11.3 Å². The van der Waals surface area contributed by atoms with Gasteiger partial charge in [0.1, 0.15) is 0 Å². The summed E-state index contributed by atoms with van der Waals surface area (Å²) in [6.45, 7) is 2.30. The minimum Gasteiger partial charge on any atom is -0.328 e. The topological polar surface area (TPSA) is 29.3 Å². The van der Waals surface area contributed by atoms with Gasteiger partial charge < -0.3 is 5.73 Å². The molecule has 2 rings (SSSR count). The van der Waals surface area contributed by atoms with Crippen molar-refractivity contribution in [1.82, 2.24) is 4.90 Å². The van der Waals surface area contributed by atoms with Crippen LogP contribution < -0.4 is 5.73 Å². The van der Waals surface area contributed by atoms with Crippen LogP contribution in [-0.2, 0) is 0 Å². The van der Waals surface area contributed by atoms with Gasteiger partial charge in [0.2, 0.25) is 0 Å². The van der Waals surface area contributed by atoms with Crippen molar-refractivity contribution >= 4 is 11.3 Å². The highest BCUT2D eigenvalue weighted by Crippen LogP contribution is 2.29. The Morgan fingerprint density at radius 1 is 1.38 bits per heavy atom. The van der Waals surface area contributed by atoms with Gasteiger partial charge in [-0.15, -0.1) is 0 Å². The Hall–Kier alpha value is -0.380. The van der Waals surface area contributed by atoms with Crippen LogP contribution in [0.5, 0.6) is 0 Å². The zero-order chi connectivity index (χ0) is 11.5. The van der Waals surface area contributed by atoms with Crippen LogP contribution in [0.3, 0.4) is 0 Å². The fourth-order valence-corrected chi connectivity index (χ4v) is 3.32. The molecular formula is C13H22N2S. The van der Waals surface area contributed by atoms with Gasteiger partial charge >= 0.3 is 0 Å². The Morgan fingerprint density at radius 2 is 2.06 bits per heavy atom. The van der Waals surface area contributed by atoms with Crippen LogP contribution in [-0.4, -0.2) is 24.0 Å². The van der Waals surface area contributed by atoms with Gasteiger partial charge in [-0.2, -0.15) is 11.3 Å². The minimum absolute atomic E-state index is 0.445. The van der Waals surface area contributed by atoms with E-state index in [2.05, 4.69) is 35.7 Å².